The SMILES string of the molecule is COC(=O)c1cn(C(=O)OCc2ccccc2)c2cc(OC)ccc12. The number of hydrogen-bond donors (Lipinski definition) is 0. The van der Waals surface area contributed by atoms with E-state index >= 15 is 0 Å². The van der Waals surface area contributed by atoms with Crippen molar-refractivity contribution in [3.05, 3.63) is 65.9 Å². The van der Waals surface area contributed by atoms with Crippen molar-refractivity contribution in [2.45, 2.75) is 6.61 Å². The highest BCUT2D eigenvalue weighted by Crippen LogP contribution is 2.26. The Bertz CT molecular complexity index is 914. The largest absolute Gasteiger partial charge is 0.497 e. The van der Waals surface area contributed by atoms with E-state index in [0.717, 1.165) is 5.56 Å². The lowest BCUT2D eigenvalue weighted by Crippen LogP contribution is -2.12. The number of carbonyl (C=O) groups excluding carboxylic acids is 2. The van der Waals surface area contributed by atoms with Crippen molar-refractivity contribution < 1.29 is 23.8 Å². The molecule has 0 unspecified atom stereocenters. The van der Waals surface area contributed by atoms with Gasteiger partial charge in [-0.05, 0) is 17.7 Å². The number of aromatic nitrogens is 1. The molecular formula is C19H17NO5. The van der Waals surface area contributed by atoms with Crippen molar-refractivity contribution in [1.29, 1.82) is 0 Å². The van der Waals surface area contributed by atoms with E-state index in [1.165, 1.54) is 25.0 Å². The van der Waals surface area contributed by atoms with Gasteiger partial charge in [0, 0.05) is 17.6 Å². The number of hydrogen-bond acceptors (Lipinski definition) is 5. The van der Waals surface area contributed by atoms with Gasteiger partial charge in [-0.25, -0.2) is 9.59 Å². The summed E-state index contributed by atoms with van der Waals surface area (Å²) >= 11 is 0. The van der Waals surface area contributed by atoms with Gasteiger partial charge in [-0.2, -0.15) is 0 Å². The van der Waals surface area contributed by atoms with Crippen LogP contribution in [0.1, 0.15) is 15.9 Å². The number of fused-ring (bicyclic) bond motifs is 1. The Morgan fingerprint density at radius 3 is 2.48 bits per heavy atom. The molecule has 3 rings (SSSR count). The molecule has 0 radical (unpaired) electrons. The summed E-state index contributed by atoms with van der Waals surface area (Å²) in [7, 11) is 2.83. The van der Waals surface area contributed by atoms with Crippen molar-refractivity contribution in [3.8, 4) is 5.75 Å². The molecule has 0 aliphatic heterocycles. The third-order valence-corrected chi connectivity index (χ3v) is 3.82. The zero-order chi connectivity index (χ0) is 17.8. The van der Waals surface area contributed by atoms with E-state index in [1.807, 2.05) is 30.3 Å². The minimum Gasteiger partial charge on any atom is -0.497 e. The van der Waals surface area contributed by atoms with Gasteiger partial charge in [-0.1, -0.05) is 30.3 Å². The Hall–Kier alpha value is -3.28. The summed E-state index contributed by atoms with van der Waals surface area (Å²) in [4.78, 5) is 24.5. The van der Waals surface area contributed by atoms with E-state index in [2.05, 4.69) is 0 Å². The lowest BCUT2D eigenvalue weighted by atomic mass is 10.2. The number of carbonyl (C=O) groups is 2. The Balaban J connectivity index is 1.96. The summed E-state index contributed by atoms with van der Waals surface area (Å²) in [5.41, 5.74) is 1.67. The van der Waals surface area contributed by atoms with Crippen LogP contribution in [-0.2, 0) is 16.1 Å². The van der Waals surface area contributed by atoms with Gasteiger partial charge in [-0.3, -0.25) is 4.57 Å². The van der Waals surface area contributed by atoms with Gasteiger partial charge in [0.2, 0.25) is 0 Å². The molecular weight excluding hydrogens is 322 g/mol. The first-order valence-corrected chi connectivity index (χ1v) is 7.62. The van der Waals surface area contributed by atoms with E-state index in [4.69, 9.17) is 14.2 Å². The van der Waals surface area contributed by atoms with Crippen LogP contribution in [0.25, 0.3) is 10.9 Å². The number of esters is 1. The molecule has 25 heavy (non-hydrogen) atoms. The molecule has 0 N–H and O–H groups in total. The molecule has 0 saturated heterocycles. The van der Waals surface area contributed by atoms with Crippen molar-refractivity contribution in [2.24, 2.45) is 0 Å². The number of benzene rings is 2. The Kier molecular flexibility index (Phi) is 4.70. The van der Waals surface area contributed by atoms with Gasteiger partial charge < -0.3 is 14.2 Å². The third-order valence-electron chi connectivity index (χ3n) is 3.82. The molecule has 0 amide bonds. The second-order valence-corrected chi connectivity index (χ2v) is 5.33. The predicted molar refractivity (Wildman–Crippen MR) is 91.9 cm³/mol. The van der Waals surface area contributed by atoms with Crippen molar-refractivity contribution in [1.82, 2.24) is 4.57 Å². The number of methoxy groups -OCH3 is 2. The summed E-state index contributed by atoms with van der Waals surface area (Å²) in [5.74, 6) is 0.0453. The highest BCUT2D eigenvalue weighted by atomic mass is 16.5. The number of rotatable bonds is 4. The monoisotopic (exact) mass is 339 g/mol. The maximum atomic E-state index is 12.5. The fraction of sp³-hybridized carbons (Fsp3) is 0.158. The van der Waals surface area contributed by atoms with Gasteiger partial charge in [0.05, 0.1) is 25.3 Å². The first-order valence-electron chi connectivity index (χ1n) is 7.62. The zero-order valence-electron chi connectivity index (χ0n) is 13.9. The molecule has 0 bridgehead atoms. The molecule has 0 spiro atoms. The van der Waals surface area contributed by atoms with Gasteiger partial charge >= 0.3 is 12.1 Å². The summed E-state index contributed by atoms with van der Waals surface area (Å²) in [6.07, 6.45) is 0.834. The first-order chi connectivity index (χ1) is 12.1. The van der Waals surface area contributed by atoms with Crippen LogP contribution < -0.4 is 4.74 Å². The second-order valence-electron chi connectivity index (χ2n) is 5.33. The van der Waals surface area contributed by atoms with Crippen LogP contribution in [-0.4, -0.2) is 30.8 Å². The number of nitrogens with zero attached hydrogens (tertiary/aromatic N) is 1. The molecule has 6 heteroatoms. The molecule has 0 fully saturated rings. The molecule has 3 aromatic rings. The summed E-state index contributed by atoms with van der Waals surface area (Å²) in [6.45, 7) is 0.136. The molecule has 0 atom stereocenters. The molecule has 6 nitrogen and oxygen atoms in total. The smallest absolute Gasteiger partial charge is 0.418 e. The van der Waals surface area contributed by atoms with E-state index in [0.29, 0.717) is 16.7 Å². The quantitative estimate of drug-likeness (QED) is 0.679. The van der Waals surface area contributed by atoms with Crippen molar-refractivity contribution in [3.63, 3.8) is 0 Å². The molecule has 128 valence electrons. The number of ether oxygens (including phenoxy) is 3. The zero-order valence-corrected chi connectivity index (χ0v) is 13.9. The summed E-state index contributed by atoms with van der Waals surface area (Å²) < 4.78 is 16.6. The molecule has 1 aromatic heterocycles. The minimum atomic E-state index is -0.586. The maximum Gasteiger partial charge on any atom is 0.418 e. The minimum absolute atomic E-state index is 0.136. The van der Waals surface area contributed by atoms with Gasteiger partial charge in [0.1, 0.15) is 12.4 Å². The highest BCUT2D eigenvalue weighted by Gasteiger charge is 2.20. The average Bonchev–Trinajstić information content (AvgIpc) is 3.05. The van der Waals surface area contributed by atoms with Gasteiger partial charge in [0.25, 0.3) is 0 Å². The van der Waals surface area contributed by atoms with Crippen LogP contribution in [0.2, 0.25) is 0 Å². The van der Waals surface area contributed by atoms with Crippen LogP contribution in [0.5, 0.6) is 5.75 Å². The predicted octanol–water partition coefficient (Wildman–Crippen LogP) is 3.62. The molecule has 0 aliphatic carbocycles. The Morgan fingerprint density at radius 1 is 1.04 bits per heavy atom. The summed E-state index contributed by atoms with van der Waals surface area (Å²) in [5, 5.41) is 0.587. The highest BCUT2D eigenvalue weighted by molar-refractivity contribution is 6.07. The molecule has 0 saturated carbocycles. The fourth-order valence-electron chi connectivity index (χ4n) is 2.55. The average molecular weight is 339 g/mol. The molecule has 2 aromatic carbocycles. The maximum absolute atomic E-state index is 12.5. The lowest BCUT2D eigenvalue weighted by Gasteiger charge is -2.07. The lowest BCUT2D eigenvalue weighted by molar-refractivity contribution is 0.0603. The normalized spacial score (nSPS) is 10.5. The van der Waals surface area contributed by atoms with Crippen molar-refractivity contribution in [2.75, 3.05) is 14.2 Å². The van der Waals surface area contributed by atoms with Crippen molar-refractivity contribution >= 4 is 23.0 Å². The van der Waals surface area contributed by atoms with Gasteiger partial charge in [-0.15, -0.1) is 0 Å². The molecule has 0 aliphatic rings. The standard InChI is InChI=1S/C19H17NO5/c1-23-14-8-9-15-16(18(21)24-2)11-20(17(15)10-14)19(22)25-12-13-6-4-3-5-7-13/h3-11H,12H2,1-2H3. The van der Waals surface area contributed by atoms with E-state index in [-0.39, 0.29) is 12.2 Å². The van der Waals surface area contributed by atoms with E-state index in [9.17, 15) is 9.59 Å². The van der Waals surface area contributed by atoms with Crippen LogP contribution in [0.15, 0.2) is 54.7 Å². The Morgan fingerprint density at radius 2 is 1.80 bits per heavy atom. The third kappa shape index (κ3) is 3.33. The summed E-state index contributed by atoms with van der Waals surface area (Å²) in [6, 6.07) is 14.5. The van der Waals surface area contributed by atoms with Crippen LogP contribution in [0.3, 0.4) is 0 Å². The van der Waals surface area contributed by atoms with Crippen LogP contribution in [0, 0.1) is 0 Å². The Labute approximate surface area is 144 Å². The van der Waals surface area contributed by atoms with E-state index in [1.54, 1.807) is 18.2 Å². The second kappa shape index (κ2) is 7.09. The van der Waals surface area contributed by atoms with E-state index < -0.39 is 12.1 Å². The fourth-order valence-corrected chi connectivity index (χ4v) is 2.55. The van der Waals surface area contributed by atoms with Crippen LogP contribution >= 0.6 is 0 Å². The topological polar surface area (TPSA) is 66.8 Å². The first kappa shape index (κ1) is 16.6. The van der Waals surface area contributed by atoms with Gasteiger partial charge in [0.15, 0.2) is 0 Å². The molecule has 1 heterocycles. The van der Waals surface area contributed by atoms with Crippen LogP contribution in [0.4, 0.5) is 4.79 Å².